The van der Waals surface area contributed by atoms with Gasteiger partial charge in [0.1, 0.15) is 5.75 Å². The third kappa shape index (κ3) is 8.68. The maximum Gasteiger partial charge on any atom is 0.573 e. The molecule has 3 rings (SSSR count). The summed E-state index contributed by atoms with van der Waals surface area (Å²) in [5.41, 5.74) is 1.78. The molecule has 0 fully saturated rings. The number of halogens is 6. The first kappa shape index (κ1) is 30.4. The van der Waals surface area contributed by atoms with E-state index in [0.717, 1.165) is 23.4 Å². The molecule has 2 unspecified atom stereocenters. The fraction of sp³-hybridized carbons (Fsp3) is 0.308. The maximum atomic E-state index is 12.7. The van der Waals surface area contributed by atoms with E-state index in [0.29, 0.717) is 27.9 Å². The van der Waals surface area contributed by atoms with Gasteiger partial charge in [-0.3, -0.25) is 0 Å². The zero-order valence-corrected chi connectivity index (χ0v) is 23.6. The lowest BCUT2D eigenvalue weighted by Gasteiger charge is -2.32. The molecule has 2 atom stereocenters. The number of alkyl halides is 3. The predicted molar refractivity (Wildman–Crippen MR) is 146 cm³/mol. The average molecular weight is 610 g/mol. The molecular weight excluding hydrogens is 584 g/mol. The van der Waals surface area contributed by atoms with Crippen LogP contribution in [0.4, 0.5) is 18.9 Å². The van der Waals surface area contributed by atoms with Crippen LogP contribution in [0.15, 0.2) is 71.6 Å². The van der Waals surface area contributed by atoms with Gasteiger partial charge in [-0.25, -0.2) is 13.1 Å². The highest BCUT2D eigenvalue weighted by Gasteiger charge is 2.31. The van der Waals surface area contributed by atoms with E-state index in [1.165, 1.54) is 12.1 Å². The predicted octanol–water partition coefficient (Wildman–Crippen LogP) is 8.12. The molecule has 0 aliphatic carbocycles. The molecule has 0 heterocycles. The van der Waals surface area contributed by atoms with E-state index < -0.39 is 22.1 Å². The second-order valence-electron chi connectivity index (χ2n) is 8.83. The Labute approximate surface area is 235 Å². The zero-order valence-electron chi connectivity index (χ0n) is 20.5. The molecule has 3 aromatic carbocycles. The van der Waals surface area contributed by atoms with Gasteiger partial charge in [0, 0.05) is 40.4 Å². The molecule has 0 amide bonds. The van der Waals surface area contributed by atoms with E-state index in [-0.39, 0.29) is 23.4 Å². The zero-order chi connectivity index (χ0) is 28.1. The number of hydrogen-bond donors (Lipinski definition) is 1. The van der Waals surface area contributed by atoms with Crippen molar-refractivity contribution in [1.82, 2.24) is 4.72 Å². The highest BCUT2D eigenvalue weighted by Crippen LogP contribution is 2.36. The van der Waals surface area contributed by atoms with Gasteiger partial charge in [-0.05, 0) is 72.9 Å². The van der Waals surface area contributed by atoms with Gasteiger partial charge >= 0.3 is 6.36 Å². The largest absolute Gasteiger partial charge is 0.573 e. The molecule has 0 bridgehead atoms. The first-order chi connectivity index (χ1) is 17.7. The number of benzene rings is 3. The van der Waals surface area contributed by atoms with Crippen molar-refractivity contribution in [2.24, 2.45) is 5.92 Å². The van der Waals surface area contributed by atoms with Crippen molar-refractivity contribution >= 4 is 50.5 Å². The number of rotatable bonds is 11. The standard InChI is InChI=1S/C26H26Cl3F3N2O3S/c1-17(16-33-38(35,36)22-5-3-4-21(15-22)37-26(30,31)32)6-13-25(23-12-9-19(28)14-24(23)29)34(2)20-10-7-18(27)8-11-20/h3-5,7-12,14-15,17,25,33H,6,13,16H2,1-2H3. The molecular formula is C26H26Cl3F3N2O3S. The Balaban J connectivity index is 1.70. The van der Waals surface area contributed by atoms with Gasteiger partial charge in [0.25, 0.3) is 0 Å². The van der Waals surface area contributed by atoms with Crippen LogP contribution in [-0.4, -0.2) is 28.4 Å². The van der Waals surface area contributed by atoms with Crippen LogP contribution in [0, 0.1) is 5.92 Å². The van der Waals surface area contributed by atoms with Crippen LogP contribution in [0.2, 0.25) is 15.1 Å². The second-order valence-corrected chi connectivity index (χ2v) is 11.9. The summed E-state index contributed by atoms with van der Waals surface area (Å²) in [6, 6.07) is 16.8. The third-order valence-corrected chi connectivity index (χ3v) is 8.16. The molecule has 12 heteroatoms. The molecule has 38 heavy (non-hydrogen) atoms. The minimum atomic E-state index is -4.92. The summed E-state index contributed by atoms with van der Waals surface area (Å²) in [5.74, 6) is -0.715. The fourth-order valence-electron chi connectivity index (χ4n) is 3.90. The Bertz CT molecular complexity index is 1340. The lowest BCUT2D eigenvalue weighted by molar-refractivity contribution is -0.274. The van der Waals surface area contributed by atoms with Gasteiger partial charge in [0.2, 0.25) is 10.0 Å². The van der Waals surface area contributed by atoms with Crippen LogP contribution in [0.1, 0.15) is 31.4 Å². The summed E-state index contributed by atoms with van der Waals surface area (Å²) in [7, 11) is -2.12. The molecule has 206 valence electrons. The molecule has 0 spiro atoms. The Morgan fingerprint density at radius 3 is 2.24 bits per heavy atom. The molecule has 0 saturated carbocycles. The molecule has 0 aromatic heterocycles. The smallest absolute Gasteiger partial charge is 0.406 e. The summed E-state index contributed by atoms with van der Waals surface area (Å²) >= 11 is 18.7. The Kier molecular flexibility index (Phi) is 10.2. The van der Waals surface area contributed by atoms with Gasteiger partial charge in [-0.15, -0.1) is 13.2 Å². The Morgan fingerprint density at radius 2 is 1.61 bits per heavy atom. The number of hydrogen-bond acceptors (Lipinski definition) is 4. The quantitative estimate of drug-likeness (QED) is 0.239. The van der Waals surface area contributed by atoms with Crippen LogP contribution in [-0.2, 0) is 10.0 Å². The fourth-order valence-corrected chi connectivity index (χ4v) is 5.76. The summed E-state index contributed by atoms with van der Waals surface area (Å²) in [6.07, 6.45) is -3.69. The van der Waals surface area contributed by atoms with Crippen LogP contribution in [0.25, 0.3) is 0 Å². The van der Waals surface area contributed by atoms with E-state index in [9.17, 15) is 21.6 Å². The molecule has 3 aromatic rings. The normalized spacial score (nSPS) is 13.7. The maximum absolute atomic E-state index is 12.7. The highest BCUT2D eigenvalue weighted by molar-refractivity contribution is 7.89. The van der Waals surface area contributed by atoms with Crippen molar-refractivity contribution in [3.05, 3.63) is 87.4 Å². The van der Waals surface area contributed by atoms with Gasteiger partial charge in [-0.1, -0.05) is 53.9 Å². The summed E-state index contributed by atoms with van der Waals surface area (Å²) in [6.45, 7) is 1.97. The van der Waals surface area contributed by atoms with Crippen LogP contribution in [0.5, 0.6) is 5.75 Å². The number of nitrogens with zero attached hydrogens (tertiary/aromatic N) is 1. The number of anilines is 1. The van der Waals surface area contributed by atoms with Gasteiger partial charge in [-0.2, -0.15) is 0 Å². The molecule has 0 aliphatic heterocycles. The van der Waals surface area contributed by atoms with Crippen LogP contribution in [0.3, 0.4) is 0 Å². The number of sulfonamides is 1. The van der Waals surface area contributed by atoms with Gasteiger partial charge in [0.15, 0.2) is 0 Å². The molecule has 5 nitrogen and oxygen atoms in total. The van der Waals surface area contributed by atoms with E-state index in [2.05, 4.69) is 14.4 Å². The molecule has 0 saturated heterocycles. The SMILES string of the molecule is CC(CCC(c1ccc(Cl)cc1Cl)N(C)c1ccc(Cl)cc1)CNS(=O)(=O)c1cccc(OC(F)(F)F)c1. The van der Waals surface area contributed by atoms with Crippen LogP contribution < -0.4 is 14.4 Å². The average Bonchev–Trinajstić information content (AvgIpc) is 2.83. The first-order valence-electron chi connectivity index (χ1n) is 11.5. The summed E-state index contributed by atoms with van der Waals surface area (Å²) in [4.78, 5) is 1.74. The Hall–Kier alpha value is -2.17. The topological polar surface area (TPSA) is 58.6 Å². The van der Waals surface area contributed by atoms with Crippen molar-refractivity contribution in [2.45, 2.75) is 37.1 Å². The first-order valence-corrected chi connectivity index (χ1v) is 14.2. The summed E-state index contributed by atoms with van der Waals surface area (Å²) in [5, 5.41) is 1.64. The van der Waals surface area contributed by atoms with Gasteiger partial charge in [0.05, 0.1) is 10.9 Å². The molecule has 0 aliphatic rings. The van der Waals surface area contributed by atoms with Crippen molar-refractivity contribution in [2.75, 3.05) is 18.5 Å². The summed E-state index contributed by atoms with van der Waals surface area (Å²) < 4.78 is 69.3. The lowest BCUT2D eigenvalue weighted by atomic mass is 9.95. The second kappa shape index (κ2) is 12.8. The number of ether oxygens (including phenoxy) is 1. The van der Waals surface area contributed by atoms with Crippen molar-refractivity contribution in [3.63, 3.8) is 0 Å². The highest BCUT2D eigenvalue weighted by atomic mass is 35.5. The number of nitrogens with one attached hydrogen (secondary N) is 1. The van der Waals surface area contributed by atoms with Gasteiger partial charge < -0.3 is 9.64 Å². The van der Waals surface area contributed by atoms with Crippen molar-refractivity contribution < 1.29 is 26.3 Å². The Morgan fingerprint density at radius 1 is 0.947 bits per heavy atom. The van der Waals surface area contributed by atoms with Crippen molar-refractivity contribution in [1.29, 1.82) is 0 Å². The van der Waals surface area contributed by atoms with E-state index in [1.54, 1.807) is 24.3 Å². The minimum Gasteiger partial charge on any atom is -0.406 e. The van der Waals surface area contributed by atoms with Crippen LogP contribution >= 0.6 is 34.8 Å². The van der Waals surface area contributed by atoms with E-state index >= 15 is 0 Å². The third-order valence-electron chi connectivity index (χ3n) is 5.93. The molecule has 0 radical (unpaired) electrons. The van der Waals surface area contributed by atoms with E-state index in [4.69, 9.17) is 34.8 Å². The monoisotopic (exact) mass is 608 g/mol. The molecule has 1 N–H and O–H groups in total. The lowest BCUT2D eigenvalue weighted by Crippen LogP contribution is -2.30. The minimum absolute atomic E-state index is 0.0818. The van der Waals surface area contributed by atoms with Crippen molar-refractivity contribution in [3.8, 4) is 5.75 Å². The van der Waals surface area contributed by atoms with E-state index in [1.807, 2.05) is 32.2 Å².